The van der Waals surface area contributed by atoms with Gasteiger partial charge in [0, 0.05) is 11.9 Å². The Labute approximate surface area is 180 Å². The maximum atomic E-state index is 12.9. The highest BCUT2D eigenvalue weighted by Crippen LogP contribution is 2.30. The van der Waals surface area contributed by atoms with Crippen molar-refractivity contribution in [2.45, 2.75) is 31.8 Å². The number of anilines is 1. The van der Waals surface area contributed by atoms with Crippen LogP contribution in [0, 0.1) is 13.8 Å². The smallest absolute Gasteiger partial charge is 0.259 e. The first-order chi connectivity index (χ1) is 13.8. The van der Waals surface area contributed by atoms with Crippen LogP contribution in [0.4, 0.5) is 5.13 Å². The van der Waals surface area contributed by atoms with Crippen molar-refractivity contribution >= 4 is 65.9 Å². The summed E-state index contributed by atoms with van der Waals surface area (Å²) < 4.78 is 1.05. The van der Waals surface area contributed by atoms with E-state index < -0.39 is 0 Å². The Hall–Kier alpha value is -2.23. The lowest BCUT2D eigenvalue weighted by Gasteiger charge is -2.18. The normalized spacial score (nSPS) is 12.6. The van der Waals surface area contributed by atoms with Gasteiger partial charge in [0.1, 0.15) is 10.7 Å². The average Bonchev–Trinajstić information content (AvgIpc) is 3.26. The highest BCUT2D eigenvalue weighted by Gasteiger charge is 2.22. The van der Waals surface area contributed by atoms with Crippen LogP contribution in [0.3, 0.4) is 0 Å². The van der Waals surface area contributed by atoms with Gasteiger partial charge < -0.3 is 4.98 Å². The summed E-state index contributed by atoms with van der Waals surface area (Å²) in [5.74, 6) is 1.03. The Morgan fingerprint density at radius 2 is 2.00 bits per heavy atom. The number of nitrogens with one attached hydrogen (secondary N) is 1. The number of nitrogens with zero attached hydrogens (tertiary/aromatic N) is 3. The van der Waals surface area contributed by atoms with Crippen molar-refractivity contribution in [2.75, 3.05) is 11.9 Å². The number of thiazole rings is 1. The van der Waals surface area contributed by atoms with Gasteiger partial charge in [0.05, 0.1) is 26.6 Å². The molecule has 0 saturated carbocycles. The van der Waals surface area contributed by atoms with Crippen molar-refractivity contribution in [1.29, 1.82) is 0 Å². The minimum Gasteiger partial charge on any atom is -0.309 e. The van der Waals surface area contributed by atoms with Gasteiger partial charge >= 0.3 is 0 Å². The Morgan fingerprint density at radius 3 is 2.76 bits per heavy atom. The van der Waals surface area contributed by atoms with Crippen molar-refractivity contribution in [1.82, 2.24) is 15.0 Å². The number of aryl methyl sites for hydroxylation is 2. The quantitative estimate of drug-likeness (QED) is 0.490. The molecule has 4 rings (SSSR count). The van der Waals surface area contributed by atoms with Gasteiger partial charge in [-0.05, 0) is 38.5 Å². The summed E-state index contributed by atoms with van der Waals surface area (Å²) in [6, 6.07) is 7.84. The number of carbonyl (C=O) groups is 1. The highest BCUT2D eigenvalue weighted by molar-refractivity contribution is 7.99. The van der Waals surface area contributed by atoms with E-state index >= 15 is 0 Å². The molecule has 0 bridgehead atoms. The van der Waals surface area contributed by atoms with Crippen LogP contribution >= 0.6 is 34.4 Å². The summed E-state index contributed by atoms with van der Waals surface area (Å²) >= 11 is 4.48. The van der Waals surface area contributed by atoms with E-state index in [4.69, 9.17) is 0 Å². The summed E-state index contributed by atoms with van der Waals surface area (Å²) in [5, 5.41) is 1.06. The molecule has 1 N–H and O–H groups in total. The largest absolute Gasteiger partial charge is 0.309 e. The van der Waals surface area contributed by atoms with Crippen LogP contribution in [0.5, 0.6) is 0 Å². The van der Waals surface area contributed by atoms with Crippen LogP contribution in [-0.4, -0.2) is 33.2 Å². The molecule has 3 aromatic heterocycles. The van der Waals surface area contributed by atoms with Crippen LogP contribution in [0.1, 0.15) is 23.2 Å². The lowest BCUT2D eigenvalue weighted by Crippen LogP contribution is -2.33. The minimum atomic E-state index is -0.292. The molecule has 0 radical (unpaired) electrons. The van der Waals surface area contributed by atoms with E-state index in [1.807, 2.05) is 45.0 Å². The van der Waals surface area contributed by atoms with Gasteiger partial charge in [-0.1, -0.05) is 23.5 Å². The number of benzene rings is 1. The second kappa shape index (κ2) is 7.89. The number of thiophene rings is 1. The Bertz CT molecular complexity index is 1240. The summed E-state index contributed by atoms with van der Waals surface area (Å²) in [4.78, 5) is 40.7. The molecule has 1 atom stereocenters. The van der Waals surface area contributed by atoms with E-state index in [9.17, 15) is 9.59 Å². The number of H-pyrrole nitrogens is 1. The zero-order chi connectivity index (χ0) is 20.7. The van der Waals surface area contributed by atoms with E-state index in [0.717, 1.165) is 25.5 Å². The number of para-hydroxylation sites is 1. The number of hydrogen-bond donors (Lipinski definition) is 1. The Morgan fingerprint density at radius 1 is 1.24 bits per heavy atom. The zero-order valence-corrected chi connectivity index (χ0v) is 18.9. The van der Waals surface area contributed by atoms with Crippen molar-refractivity contribution in [3.63, 3.8) is 0 Å². The number of hydrogen-bond acceptors (Lipinski definition) is 7. The van der Waals surface area contributed by atoms with E-state index in [2.05, 4.69) is 15.0 Å². The molecule has 0 saturated heterocycles. The molecule has 9 heteroatoms. The van der Waals surface area contributed by atoms with Crippen molar-refractivity contribution in [3.05, 3.63) is 50.9 Å². The first-order valence-electron chi connectivity index (χ1n) is 9.08. The lowest BCUT2D eigenvalue weighted by atomic mass is 10.2. The lowest BCUT2D eigenvalue weighted by molar-refractivity contribution is -0.117. The third kappa shape index (κ3) is 3.82. The molecule has 1 unspecified atom stereocenters. The average molecular weight is 445 g/mol. The van der Waals surface area contributed by atoms with Crippen LogP contribution < -0.4 is 10.5 Å². The SMILES string of the molecule is Cc1sc2nc(CSC(C)C(=O)N(C)c3nc4ccccc4s3)[nH]c(=O)c2c1C. The fourth-order valence-electron chi connectivity index (χ4n) is 3.01. The molecule has 1 amide bonds. The standard InChI is InChI=1S/C20H20N4O2S3/c1-10-11(2)28-18-16(10)17(25)22-15(23-18)9-27-12(3)19(26)24(4)20-21-13-7-5-6-8-14(13)29-20/h5-8,12H,9H2,1-4H3,(H,22,23,25). The molecule has 29 heavy (non-hydrogen) atoms. The number of amides is 1. The molecule has 0 aliphatic carbocycles. The summed E-state index contributed by atoms with van der Waals surface area (Å²) in [7, 11) is 1.75. The van der Waals surface area contributed by atoms with Gasteiger partial charge in [0.2, 0.25) is 5.91 Å². The molecular weight excluding hydrogens is 424 g/mol. The minimum absolute atomic E-state index is 0.0275. The maximum absolute atomic E-state index is 12.9. The molecule has 3 heterocycles. The van der Waals surface area contributed by atoms with Gasteiger partial charge in [0.25, 0.3) is 5.56 Å². The summed E-state index contributed by atoms with van der Waals surface area (Å²) in [5.41, 5.74) is 1.76. The second-order valence-electron chi connectivity index (χ2n) is 6.79. The van der Waals surface area contributed by atoms with Crippen LogP contribution in [-0.2, 0) is 10.5 Å². The number of aromatic nitrogens is 3. The van der Waals surface area contributed by atoms with Crippen LogP contribution in [0.2, 0.25) is 0 Å². The predicted octanol–water partition coefficient (Wildman–Crippen LogP) is 4.50. The van der Waals surface area contributed by atoms with E-state index in [-0.39, 0.29) is 16.7 Å². The zero-order valence-electron chi connectivity index (χ0n) is 16.5. The summed E-state index contributed by atoms with van der Waals surface area (Å²) in [6.45, 7) is 5.80. The topological polar surface area (TPSA) is 79.0 Å². The number of rotatable bonds is 5. The number of carbonyl (C=O) groups excluding carboxylic acids is 1. The second-order valence-corrected chi connectivity index (χ2v) is 10.3. The fraction of sp³-hybridized carbons (Fsp3) is 0.300. The number of fused-ring (bicyclic) bond motifs is 2. The van der Waals surface area contributed by atoms with Gasteiger partial charge in [-0.3, -0.25) is 14.5 Å². The van der Waals surface area contributed by atoms with Crippen LogP contribution in [0.25, 0.3) is 20.4 Å². The third-order valence-corrected chi connectivity index (χ3v) is 8.16. The first kappa shape index (κ1) is 20.1. The molecule has 6 nitrogen and oxygen atoms in total. The van der Waals surface area contributed by atoms with Gasteiger partial charge in [0.15, 0.2) is 5.13 Å². The molecule has 150 valence electrons. The van der Waals surface area contributed by atoms with Crippen molar-refractivity contribution in [3.8, 4) is 0 Å². The van der Waals surface area contributed by atoms with E-state index in [1.165, 1.54) is 34.4 Å². The number of thioether (sulfide) groups is 1. The molecule has 0 aliphatic heterocycles. The number of aromatic amines is 1. The fourth-order valence-corrected chi connectivity index (χ4v) is 5.84. The Kier molecular flexibility index (Phi) is 5.46. The van der Waals surface area contributed by atoms with Gasteiger partial charge in [-0.25, -0.2) is 9.97 Å². The van der Waals surface area contributed by atoms with Crippen molar-refractivity contribution in [2.24, 2.45) is 0 Å². The van der Waals surface area contributed by atoms with E-state index in [0.29, 0.717) is 22.1 Å². The molecule has 0 spiro atoms. The van der Waals surface area contributed by atoms with Crippen LogP contribution in [0.15, 0.2) is 29.1 Å². The molecule has 0 fully saturated rings. The van der Waals surface area contributed by atoms with Gasteiger partial charge in [-0.15, -0.1) is 23.1 Å². The predicted molar refractivity (Wildman–Crippen MR) is 124 cm³/mol. The van der Waals surface area contributed by atoms with Crippen molar-refractivity contribution < 1.29 is 4.79 Å². The molecular formula is C20H20N4O2S3. The first-order valence-corrected chi connectivity index (χ1v) is 11.8. The molecule has 1 aromatic carbocycles. The molecule has 4 aromatic rings. The highest BCUT2D eigenvalue weighted by atomic mass is 32.2. The monoisotopic (exact) mass is 444 g/mol. The van der Waals surface area contributed by atoms with Gasteiger partial charge in [-0.2, -0.15) is 0 Å². The Balaban J connectivity index is 1.47. The summed E-state index contributed by atoms with van der Waals surface area (Å²) in [6.07, 6.45) is 0. The molecule has 0 aliphatic rings. The van der Waals surface area contributed by atoms with E-state index in [1.54, 1.807) is 11.9 Å². The maximum Gasteiger partial charge on any atom is 0.259 e. The third-order valence-electron chi connectivity index (χ3n) is 4.81.